The number of nitrogens with one attached hydrogen (secondary N) is 2. The summed E-state index contributed by atoms with van der Waals surface area (Å²) >= 11 is 0. The maximum absolute atomic E-state index is 5.65. The highest BCUT2D eigenvalue weighted by molar-refractivity contribution is 14.0. The van der Waals surface area contributed by atoms with E-state index in [4.69, 9.17) is 19.0 Å². The Labute approximate surface area is 190 Å². The molecule has 162 valence electrons. The maximum atomic E-state index is 5.65. The predicted molar refractivity (Wildman–Crippen MR) is 126 cm³/mol. The summed E-state index contributed by atoms with van der Waals surface area (Å²) in [5.41, 5.74) is 3.17. The average Bonchev–Trinajstić information content (AvgIpc) is 3.12. The third kappa shape index (κ3) is 7.09. The Bertz CT molecular complexity index is 756. The monoisotopic (exact) mass is 516 g/mol. The number of hydrogen-bond donors (Lipinski definition) is 2. The predicted octanol–water partition coefficient (Wildman–Crippen LogP) is 4.08. The Morgan fingerprint density at radius 3 is 2.52 bits per heavy atom. The maximum Gasteiger partial charge on any atom is 0.191 e. The van der Waals surface area contributed by atoms with Gasteiger partial charge in [-0.05, 0) is 38.0 Å². The number of halogens is 1. The van der Waals surface area contributed by atoms with Crippen molar-refractivity contribution in [3.63, 3.8) is 0 Å². The van der Waals surface area contributed by atoms with Crippen LogP contribution < -0.4 is 20.1 Å². The van der Waals surface area contributed by atoms with E-state index in [9.17, 15) is 0 Å². The highest BCUT2D eigenvalue weighted by Crippen LogP contribution is 2.28. The fraction of sp³-hybridized carbons (Fsp3) is 0.524. The smallest absolute Gasteiger partial charge is 0.191 e. The first-order valence-electron chi connectivity index (χ1n) is 9.94. The number of ether oxygens (including phenoxy) is 2. The highest BCUT2D eigenvalue weighted by atomic mass is 127. The zero-order valence-corrected chi connectivity index (χ0v) is 20.3. The summed E-state index contributed by atoms with van der Waals surface area (Å²) < 4.78 is 16.4. The molecule has 0 aliphatic rings. The van der Waals surface area contributed by atoms with Crippen LogP contribution in [0, 0.1) is 0 Å². The Kier molecular flexibility index (Phi) is 11.5. The van der Waals surface area contributed by atoms with Gasteiger partial charge in [0.05, 0.1) is 26.0 Å². The molecule has 0 unspecified atom stereocenters. The first-order chi connectivity index (χ1) is 13.7. The van der Waals surface area contributed by atoms with Gasteiger partial charge in [0.1, 0.15) is 5.76 Å². The Hall–Kier alpha value is -1.97. The van der Waals surface area contributed by atoms with Crippen molar-refractivity contribution >= 4 is 29.9 Å². The largest absolute Gasteiger partial charge is 0.493 e. The van der Waals surface area contributed by atoms with Crippen LogP contribution in [0.25, 0.3) is 0 Å². The zero-order valence-electron chi connectivity index (χ0n) is 18.0. The fourth-order valence-corrected chi connectivity index (χ4v) is 2.91. The molecule has 2 aromatic rings. The molecule has 0 saturated carbocycles. The summed E-state index contributed by atoms with van der Waals surface area (Å²) in [5, 5.41) is 10.8. The lowest BCUT2D eigenvalue weighted by atomic mass is 10.1. The first kappa shape index (κ1) is 25.1. The van der Waals surface area contributed by atoms with Crippen LogP contribution in [0.2, 0.25) is 0 Å². The number of aliphatic imine (C=N–C) groups is 1. The standard InChI is InChI=1S/C21H32N4O3.HI/c1-6-17-16(18(7-2)28-25-17)14-24-21(22-8-3)23-13-15-10-11-19(26-5)20(12-15)27-9-4;/h10-12H,6-9,13-14H2,1-5H3,(H2,22,23,24);1H. The molecule has 0 fully saturated rings. The zero-order chi connectivity index (χ0) is 20.4. The van der Waals surface area contributed by atoms with Gasteiger partial charge in [0.2, 0.25) is 0 Å². The second-order valence-electron chi connectivity index (χ2n) is 6.21. The SMILES string of the molecule is CCNC(=NCc1ccc(OC)c(OCC)c1)NCc1c(CC)noc1CC.I. The number of aryl methyl sites for hydroxylation is 2. The summed E-state index contributed by atoms with van der Waals surface area (Å²) in [6.45, 7) is 10.7. The van der Waals surface area contributed by atoms with Gasteiger partial charge in [-0.2, -0.15) is 0 Å². The molecule has 1 aromatic heterocycles. The summed E-state index contributed by atoms with van der Waals surface area (Å²) in [4.78, 5) is 4.70. The molecule has 0 bridgehead atoms. The Morgan fingerprint density at radius 1 is 1.10 bits per heavy atom. The Morgan fingerprint density at radius 2 is 1.90 bits per heavy atom. The summed E-state index contributed by atoms with van der Waals surface area (Å²) in [6, 6.07) is 5.88. The minimum Gasteiger partial charge on any atom is -0.493 e. The molecule has 0 radical (unpaired) electrons. The van der Waals surface area contributed by atoms with E-state index in [2.05, 4.69) is 29.6 Å². The van der Waals surface area contributed by atoms with Gasteiger partial charge in [-0.1, -0.05) is 25.1 Å². The second kappa shape index (κ2) is 13.3. The molecule has 0 atom stereocenters. The molecule has 1 aromatic carbocycles. The lowest BCUT2D eigenvalue weighted by Crippen LogP contribution is -2.37. The van der Waals surface area contributed by atoms with Gasteiger partial charge >= 0.3 is 0 Å². The van der Waals surface area contributed by atoms with E-state index in [0.29, 0.717) is 19.7 Å². The van der Waals surface area contributed by atoms with Crippen LogP contribution >= 0.6 is 24.0 Å². The topological polar surface area (TPSA) is 80.9 Å². The molecule has 0 amide bonds. The molecule has 0 saturated heterocycles. The van der Waals surface area contributed by atoms with Crippen LogP contribution in [0.4, 0.5) is 0 Å². The van der Waals surface area contributed by atoms with Gasteiger partial charge in [-0.25, -0.2) is 4.99 Å². The van der Waals surface area contributed by atoms with Crippen LogP contribution in [0.3, 0.4) is 0 Å². The van der Waals surface area contributed by atoms with Gasteiger partial charge in [0.25, 0.3) is 0 Å². The van der Waals surface area contributed by atoms with Crippen molar-refractivity contribution < 1.29 is 14.0 Å². The molecule has 0 spiro atoms. The van der Waals surface area contributed by atoms with Gasteiger partial charge in [0.15, 0.2) is 17.5 Å². The normalized spacial score (nSPS) is 11.0. The Balaban J connectivity index is 0.00000420. The van der Waals surface area contributed by atoms with Crippen LogP contribution in [-0.4, -0.2) is 31.4 Å². The van der Waals surface area contributed by atoms with Crippen LogP contribution in [0.1, 0.15) is 50.3 Å². The quantitative estimate of drug-likeness (QED) is 0.282. The minimum atomic E-state index is 0. The van der Waals surface area contributed by atoms with Crippen LogP contribution in [0.5, 0.6) is 11.5 Å². The van der Waals surface area contributed by atoms with Crippen molar-refractivity contribution in [2.75, 3.05) is 20.3 Å². The number of benzene rings is 1. The van der Waals surface area contributed by atoms with Crippen LogP contribution in [0.15, 0.2) is 27.7 Å². The third-order valence-electron chi connectivity index (χ3n) is 4.33. The van der Waals surface area contributed by atoms with Crippen molar-refractivity contribution in [2.24, 2.45) is 4.99 Å². The molecule has 1 heterocycles. The van der Waals surface area contributed by atoms with E-state index in [1.54, 1.807) is 7.11 Å². The third-order valence-corrected chi connectivity index (χ3v) is 4.33. The molecular weight excluding hydrogens is 483 g/mol. The average molecular weight is 516 g/mol. The molecule has 8 heteroatoms. The molecule has 29 heavy (non-hydrogen) atoms. The fourth-order valence-electron chi connectivity index (χ4n) is 2.91. The van der Waals surface area contributed by atoms with Crippen molar-refractivity contribution in [2.45, 2.75) is 53.6 Å². The van der Waals surface area contributed by atoms with Crippen molar-refractivity contribution in [3.8, 4) is 11.5 Å². The molecular formula is C21H33IN4O3. The number of rotatable bonds is 10. The van der Waals surface area contributed by atoms with Crippen molar-refractivity contribution in [1.29, 1.82) is 0 Å². The van der Waals surface area contributed by atoms with Crippen molar-refractivity contribution in [3.05, 3.63) is 40.8 Å². The van der Waals surface area contributed by atoms with E-state index < -0.39 is 0 Å². The number of aromatic nitrogens is 1. The first-order valence-corrected chi connectivity index (χ1v) is 9.94. The van der Waals surface area contributed by atoms with E-state index in [1.165, 1.54) is 0 Å². The lowest BCUT2D eigenvalue weighted by Gasteiger charge is -2.13. The molecule has 2 rings (SSSR count). The molecule has 0 aliphatic heterocycles. The summed E-state index contributed by atoms with van der Waals surface area (Å²) in [6.07, 6.45) is 1.67. The van der Waals surface area contributed by atoms with Gasteiger partial charge < -0.3 is 24.6 Å². The lowest BCUT2D eigenvalue weighted by molar-refractivity contribution is 0.310. The summed E-state index contributed by atoms with van der Waals surface area (Å²) in [5.74, 6) is 3.14. The molecule has 0 aliphatic carbocycles. The number of nitrogens with zero attached hydrogens (tertiary/aromatic N) is 2. The van der Waals surface area contributed by atoms with E-state index in [-0.39, 0.29) is 24.0 Å². The van der Waals surface area contributed by atoms with Gasteiger partial charge in [-0.3, -0.25) is 0 Å². The van der Waals surface area contributed by atoms with E-state index >= 15 is 0 Å². The van der Waals surface area contributed by atoms with Crippen LogP contribution in [-0.2, 0) is 25.9 Å². The second-order valence-corrected chi connectivity index (χ2v) is 6.21. The van der Waals surface area contributed by atoms with Gasteiger partial charge in [-0.15, -0.1) is 24.0 Å². The number of hydrogen-bond acceptors (Lipinski definition) is 5. The minimum absolute atomic E-state index is 0. The van der Waals surface area contributed by atoms with Crippen molar-refractivity contribution in [1.82, 2.24) is 15.8 Å². The van der Waals surface area contributed by atoms with Gasteiger partial charge in [0, 0.05) is 25.1 Å². The number of methoxy groups -OCH3 is 1. The highest BCUT2D eigenvalue weighted by Gasteiger charge is 2.13. The molecule has 2 N–H and O–H groups in total. The van der Waals surface area contributed by atoms with E-state index in [0.717, 1.165) is 59.4 Å². The summed E-state index contributed by atoms with van der Waals surface area (Å²) in [7, 11) is 1.64. The number of guanidine groups is 1. The van der Waals surface area contributed by atoms with E-state index in [1.807, 2.05) is 32.0 Å². The molecule has 7 nitrogen and oxygen atoms in total.